The molecule has 0 saturated carbocycles. The van der Waals surface area contributed by atoms with Gasteiger partial charge in [0, 0.05) is 0 Å². The highest BCUT2D eigenvalue weighted by atomic mass is 16.3. The molecule has 0 aromatic heterocycles. The molecule has 2 N–H and O–H groups in total. The Morgan fingerprint density at radius 2 is 1.92 bits per heavy atom. The maximum atomic E-state index is 9.63. The highest BCUT2D eigenvalue weighted by Crippen LogP contribution is 2.32. The summed E-state index contributed by atoms with van der Waals surface area (Å²) in [6, 6.07) is 0. The number of hydrogen-bond donors (Lipinski definition) is 2. The van der Waals surface area contributed by atoms with Crippen molar-refractivity contribution in [1.29, 1.82) is 0 Å². The lowest BCUT2D eigenvalue weighted by Gasteiger charge is -2.30. The summed E-state index contributed by atoms with van der Waals surface area (Å²) in [7, 11) is 0. The van der Waals surface area contributed by atoms with Crippen LogP contribution in [0.4, 0.5) is 0 Å². The van der Waals surface area contributed by atoms with Crippen LogP contribution in [0.1, 0.15) is 53.4 Å². The minimum absolute atomic E-state index is 0.302. The van der Waals surface area contributed by atoms with E-state index in [0.29, 0.717) is 5.41 Å². The van der Waals surface area contributed by atoms with Crippen LogP contribution in [0.3, 0.4) is 0 Å². The molecular formula is C11H25NO. The Hall–Kier alpha value is -0.0800. The summed E-state index contributed by atoms with van der Waals surface area (Å²) in [6.45, 7) is 9.53. The second-order valence-corrected chi connectivity index (χ2v) is 4.19. The van der Waals surface area contributed by atoms with Gasteiger partial charge in [0.05, 0.1) is 0 Å². The van der Waals surface area contributed by atoms with Gasteiger partial charge >= 0.3 is 0 Å². The van der Waals surface area contributed by atoms with Gasteiger partial charge in [-0.05, 0) is 24.8 Å². The first-order chi connectivity index (χ1) is 6.08. The van der Waals surface area contributed by atoms with E-state index in [-0.39, 0.29) is 6.23 Å². The lowest BCUT2D eigenvalue weighted by Crippen LogP contribution is -2.34. The summed E-state index contributed by atoms with van der Waals surface area (Å²) in [5, 5.41) is 12.7. The topological polar surface area (TPSA) is 32.3 Å². The molecule has 0 aliphatic rings. The normalized spacial score (nSPS) is 18.2. The molecule has 0 radical (unpaired) electrons. The molecular weight excluding hydrogens is 162 g/mol. The number of aliphatic hydroxyl groups is 1. The molecule has 13 heavy (non-hydrogen) atoms. The van der Waals surface area contributed by atoms with Gasteiger partial charge < -0.3 is 5.11 Å². The Kier molecular flexibility index (Phi) is 6.35. The second-order valence-electron chi connectivity index (χ2n) is 4.19. The average Bonchev–Trinajstić information content (AvgIpc) is 2.05. The molecule has 0 heterocycles. The van der Waals surface area contributed by atoms with Crippen LogP contribution in [0.5, 0.6) is 0 Å². The van der Waals surface area contributed by atoms with Gasteiger partial charge in [0.1, 0.15) is 6.23 Å². The first-order valence-corrected chi connectivity index (χ1v) is 5.49. The van der Waals surface area contributed by atoms with E-state index in [1.54, 1.807) is 0 Å². The van der Waals surface area contributed by atoms with Crippen molar-refractivity contribution in [3.63, 3.8) is 0 Å². The molecule has 0 spiro atoms. The fourth-order valence-corrected chi connectivity index (χ4v) is 1.80. The Balaban J connectivity index is 3.93. The lowest BCUT2D eigenvalue weighted by atomic mass is 9.79. The zero-order chi connectivity index (χ0) is 10.3. The molecule has 0 bridgehead atoms. The molecule has 2 unspecified atom stereocenters. The fourth-order valence-electron chi connectivity index (χ4n) is 1.80. The molecule has 2 nitrogen and oxygen atoms in total. The number of hydrogen-bond acceptors (Lipinski definition) is 2. The summed E-state index contributed by atoms with van der Waals surface area (Å²) < 4.78 is 0. The maximum absolute atomic E-state index is 9.63. The van der Waals surface area contributed by atoms with Crippen molar-refractivity contribution in [3.8, 4) is 0 Å². The molecule has 0 aromatic rings. The summed E-state index contributed by atoms with van der Waals surface area (Å²) >= 11 is 0. The molecule has 2 heteroatoms. The molecule has 2 atom stereocenters. The van der Waals surface area contributed by atoms with Crippen molar-refractivity contribution in [1.82, 2.24) is 5.32 Å². The predicted molar refractivity (Wildman–Crippen MR) is 57.6 cm³/mol. The largest absolute Gasteiger partial charge is 0.379 e. The van der Waals surface area contributed by atoms with Gasteiger partial charge in [0.15, 0.2) is 0 Å². The Labute approximate surface area is 82.7 Å². The van der Waals surface area contributed by atoms with Gasteiger partial charge in [0.2, 0.25) is 0 Å². The van der Waals surface area contributed by atoms with Crippen LogP contribution in [0, 0.1) is 5.41 Å². The van der Waals surface area contributed by atoms with Gasteiger partial charge in [-0.1, -0.05) is 40.5 Å². The average molecular weight is 187 g/mol. The maximum Gasteiger partial charge on any atom is 0.105 e. The van der Waals surface area contributed by atoms with Crippen LogP contribution in [-0.4, -0.2) is 17.9 Å². The molecule has 0 aliphatic heterocycles. The van der Waals surface area contributed by atoms with Crippen molar-refractivity contribution < 1.29 is 5.11 Å². The van der Waals surface area contributed by atoms with Gasteiger partial charge in [-0.3, -0.25) is 5.32 Å². The highest BCUT2D eigenvalue weighted by molar-refractivity contribution is 4.74. The smallest absolute Gasteiger partial charge is 0.105 e. The van der Waals surface area contributed by atoms with Crippen molar-refractivity contribution in [2.45, 2.75) is 59.6 Å². The van der Waals surface area contributed by atoms with E-state index < -0.39 is 0 Å². The molecule has 0 rings (SSSR count). The van der Waals surface area contributed by atoms with Crippen LogP contribution in [0.2, 0.25) is 0 Å². The molecule has 0 fully saturated rings. The van der Waals surface area contributed by atoms with Crippen molar-refractivity contribution in [2.75, 3.05) is 6.54 Å². The van der Waals surface area contributed by atoms with Gasteiger partial charge in [-0.2, -0.15) is 0 Å². The third-order valence-corrected chi connectivity index (χ3v) is 2.83. The zero-order valence-electron chi connectivity index (χ0n) is 9.56. The third kappa shape index (κ3) is 5.27. The lowest BCUT2D eigenvalue weighted by molar-refractivity contribution is 0.0721. The number of aliphatic hydroxyl groups excluding tert-OH is 1. The first-order valence-electron chi connectivity index (χ1n) is 5.49. The molecule has 0 amide bonds. The van der Waals surface area contributed by atoms with E-state index in [1.807, 2.05) is 6.92 Å². The van der Waals surface area contributed by atoms with Crippen LogP contribution in [0.25, 0.3) is 0 Å². The van der Waals surface area contributed by atoms with E-state index in [9.17, 15) is 5.11 Å². The van der Waals surface area contributed by atoms with Gasteiger partial charge in [0.25, 0.3) is 0 Å². The number of nitrogens with one attached hydrogen (secondary N) is 1. The van der Waals surface area contributed by atoms with Crippen LogP contribution in [-0.2, 0) is 0 Å². The van der Waals surface area contributed by atoms with Crippen LogP contribution in [0.15, 0.2) is 0 Å². The van der Waals surface area contributed by atoms with Crippen molar-refractivity contribution in [2.24, 2.45) is 5.41 Å². The fraction of sp³-hybridized carbons (Fsp3) is 1.00. The quantitative estimate of drug-likeness (QED) is 0.600. The van der Waals surface area contributed by atoms with E-state index in [4.69, 9.17) is 0 Å². The highest BCUT2D eigenvalue weighted by Gasteiger charge is 2.23. The molecule has 0 saturated heterocycles. The van der Waals surface area contributed by atoms with Gasteiger partial charge in [-0.15, -0.1) is 0 Å². The summed E-state index contributed by atoms with van der Waals surface area (Å²) in [6.07, 6.45) is 4.07. The Morgan fingerprint density at radius 3 is 2.31 bits per heavy atom. The molecule has 0 aromatic carbocycles. The minimum atomic E-state index is -0.332. The summed E-state index contributed by atoms with van der Waals surface area (Å²) in [4.78, 5) is 0. The molecule has 0 aliphatic carbocycles. The molecule has 80 valence electrons. The van der Waals surface area contributed by atoms with Crippen LogP contribution >= 0.6 is 0 Å². The van der Waals surface area contributed by atoms with E-state index >= 15 is 0 Å². The zero-order valence-corrected chi connectivity index (χ0v) is 9.56. The Bertz CT molecular complexity index is 127. The van der Waals surface area contributed by atoms with E-state index in [2.05, 4.69) is 26.1 Å². The Morgan fingerprint density at radius 1 is 1.31 bits per heavy atom. The van der Waals surface area contributed by atoms with Gasteiger partial charge in [-0.25, -0.2) is 0 Å². The first kappa shape index (κ1) is 12.9. The SMILES string of the molecule is CCCC(C)(CC)CC(O)NCC. The minimum Gasteiger partial charge on any atom is -0.379 e. The number of rotatable bonds is 7. The van der Waals surface area contributed by atoms with Crippen LogP contribution < -0.4 is 5.32 Å². The van der Waals surface area contributed by atoms with E-state index in [1.165, 1.54) is 12.8 Å². The van der Waals surface area contributed by atoms with Crippen molar-refractivity contribution >= 4 is 0 Å². The third-order valence-electron chi connectivity index (χ3n) is 2.83. The summed E-state index contributed by atoms with van der Waals surface area (Å²) in [5.41, 5.74) is 0.302. The second kappa shape index (κ2) is 6.39. The van der Waals surface area contributed by atoms with E-state index in [0.717, 1.165) is 19.4 Å². The predicted octanol–water partition coefficient (Wildman–Crippen LogP) is 2.52. The van der Waals surface area contributed by atoms with Crippen molar-refractivity contribution in [3.05, 3.63) is 0 Å². The standard InChI is InChI=1S/C11H25NO/c1-5-8-11(4,6-2)9-10(13)12-7-3/h10,12-13H,5-9H2,1-4H3. The summed E-state index contributed by atoms with van der Waals surface area (Å²) in [5.74, 6) is 0. The monoisotopic (exact) mass is 187 g/mol.